The molecule has 266 valence electrons. The second-order valence-corrected chi connectivity index (χ2v) is 12.6. The number of hydrogen-bond donors (Lipinski definition) is 3. The highest BCUT2D eigenvalue weighted by Gasteiger charge is 2.65. The van der Waals surface area contributed by atoms with Crippen molar-refractivity contribution >= 4 is 35.3 Å². The Morgan fingerprint density at radius 1 is 0.729 bits per heavy atom. The van der Waals surface area contributed by atoms with E-state index in [0.29, 0.717) is 12.3 Å². The van der Waals surface area contributed by atoms with Crippen molar-refractivity contribution in [1.82, 2.24) is 0 Å². The van der Waals surface area contributed by atoms with Gasteiger partial charge in [0.15, 0.2) is 0 Å². The van der Waals surface area contributed by atoms with Gasteiger partial charge in [-0.15, -0.1) is 0 Å². The second kappa shape index (κ2) is 17.8. The number of carbonyl (C=O) groups is 4. The Hall–Kier alpha value is -4.20. The van der Waals surface area contributed by atoms with Crippen molar-refractivity contribution in [3.63, 3.8) is 0 Å². The van der Waals surface area contributed by atoms with Gasteiger partial charge in [-0.1, -0.05) is 18.2 Å². The molecule has 0 saturated heterocycles. The average Bonchev–Trinajstić information content (AvgIpc) is 3.06. The largest absolute Gasteiger partial charge is 0.463 e. The summed E-state index contributed by atoms with van der Waals surface area (Å²) in [5, 5.41) is 21.1. The minimum absolute atomic E-state index is 0.0919. The topological polar surface area (TPSA) is 184 Å². The molecule has 3 unspecified atom stereocenters. The Kier molecular flexibility index (Phi) is 14.8. The third-order valence-corrected chi connectivity index (χ3v) is 8.64. The van der Waals surface area contributed by atoms with Crippen LogP contribution in [-0.2, 0) is 38.1 Å². The molecule has 0 radical (unpaired) electrons. The van der Waals surface area contributed by atoms with E-state index in [2.05, 4.69) is 0 Å². The van der Waals surface area contributed by atoms with Crippen LogP contribution in [0.3, 0.4) is 0 Å². The number of aliphatic hydroxyl groups is 2. The Labute approximate surface area is 282 Å². The monoisotopic (exact) mass is 674 g/mol. The molecule has 3 atom stereocenters. The van der Waals surface area contributed by atoms with Gasteiger partial charge < -0.3 is 44.5 Å². The van der Waals surface area contributed by atoms with Crippen molar-refractivity contribution in [2.45, 2.75) is 53.8 Å². The molecule has 48 heavy (non-hydrogen) atoms. The molecule has 0 heterocycles. The van der Waals surface area contributed by atoms with Crippen molar-refractivity contribution < 1.29 is 53.1 Å². The van der Waals surface area contributed by atoms with Gasteiger partial charge in [-0.3, -0.25) is 14.4 Å². The van der Waals surface area contributed by atoms with Gasteiger partial charge in [-0.2, -0.15) is 0 Å². The number of anilines is 2. The van der Waals surface area contributed by atoms with E-state index in [9.17, 15) is 29.4 Å². The number of nitrogen functional groups attached to an aromatic ring is 1. The number of carbonyl (C=O) groups excluding carboxylic acids is 4. The highest BCUT2D eigenvalue weighted by molar-refractivity contribution is 5.94. The molecular weight excluding hydrogens is 624 g/mol. The molecule has 0 spiro atoms. The number of esters is 4. The Morgan fingerprint density at radius 3 is 1.83 bits per heavy atom. The molecular formula is C35H50N2O11. The van der Waals surface area contributed by atoms with E-state index in [4.69, 9.17) is 29.4 Å². The summed E-state index contributed by atoms with van der Waals surface area (Å²) < 4.78 is 26.8. The minimum atomic E-state index is -1.94. The number of benzene rings is 2. The van der Waals surface area contributed by atoms with E-state index in [-0.39, 0.29) is 31.9 Å². The van der Waals surface area contributed by atoms with Crippen LogP contribution in [0.4, 0.5) is 11.4 Å². The minimum Gasteiger partial charge on any atom is -0.463 e. The quantitative estimate of drug-likeness (QED) is 0.0856. The van der Waals surface area contributed by atoms with Crippen molar-refractivity contribution in [2.75, 3.05) is 63.9 Å². The lowest BCUT2D eigenvalue weighted by Crippen LogP contribution is -2.60. The van der Waals surface area contributed by atoms with Crippen LogP contribution in [-0.4, -0.2) is 99.5 Å². The van der Waals surface area contributed by atoms with Gasteiger partial charge in [0, 0.05) is 31.6 Å². The van der Waals surface area contributed by atoms with Crippen LogP contribution in [0.15, 0.2) is 54.6 Å². The SMILES string of the molecule is CCOCCOC(=O)C(C)(C)C(C)(C(=O)OCC(O)COC(=O)c1ccc(N)cc1)C(C)(C)C(=O)OCC(O)CN(C)c1ccccc1. The maximum absolute atomic E-state index is 13.9. The fraction of sp³-hybridized carbons (Fsp3) is 0.543. The number of nitrogens with two attached hydrogens (primary N) is 1. The molecule has 0 aliphatic heterocycles. The standard InChI is InChI=1S/C35H50N2O11/c1-8-44-18-19-45-30(41)33(2,3)35(6,32(43)48-23-28(39)22-46-29(40)24-14-16-25(36)17-15-24)34(4,5)31(42)47-21-27(38)20-37(7)26-12-10-9-11-13-26/h9-17,27-28,38-39H,8,18-23,36H2,1-7H3. The third-order valence-electron chi connectivity index (χ3n) is 8.64. The summed E-state index contributed by atoms with van der Waals surface area (Å²) in [6, 6.07) is 15.3. The number of hydrogen-bond acceptors (Lipinski definition) is 13. The Bertz CT molecular complexity index is 1350. The first kappa shape index (κ1) is 40.0. The molecule has 2 rings (SSSR count). The number of ether oxygens (including phenoxy) is 5. The third kappa shape index (κ3) is 10.1. The van der Waals surface area contributed by atoms with Gasteiger partial charge in [0.1, 0.15) is 38.6 Å². The molecule has 2 aromatic carbocycles. The Balaban J connectivity index is 2.20. The van der Waals surface area contributed by atoms with Gasteiger partial charge in [0.25, 0.3) is 0 Å². The highest BCUT2D eigenvalue weighted by atomic mass is 16.6. The van der Waals surface area contributed by atoms with Gasteiger partial charge in [0.05, 0.1) is 28.4 Å². The van der Waals surface area contributed by atoms with Crippen molar-refractivity contribution in [1.29, 1.82) is 0 Å². The first-order valence-corrected chi connectivity index (χ1v) is 15.7. The zero-order valence-corrected chi connectivity index (χ0v) is 28.9. The number of aliphatic hydroxyl groups excluding tert-OH is 2. The summed E-state index contributed by atoms with van der Waals surface area (Å²) in [4.78, 5) is 55.2. The molecule has 0 aliphatic carbocycles. The first-order valence-electron chi connectivity index (χ1n) is 15.7. The fourth-order valence-corrected chi connectivity index (χ4v) is 4.97. The molecule has 4 N–H and O–H groups in total. The summed E-state index contributed by atoms with van der Waals surface area (Å²) in [5.41, 5.74) is 1.81. The van der Waals surface area contributed by atoms with E-state index in [1.165, 1.54) is 58.9 Å². The Morgan fingerprint density at radius 2 is 1.25 bits per heavy atom. The molecule has 2 aromatic rings. The van der Waals surface area contributed by atoms with Crippen molar-refractivity contribution in [3.05, 3.63) is 60.2 Å². The number of nitrogens with zero attached hydrogens (tertiary/aromatic N) is 1. The normalized spacial score (nSPS) is 14.2. The molecule has 0 aliphatic rings. The number of rotatable bonds is 19. The van der Waals surface area contributed by atoms with Gasteiger partial charge >= 0.3 is 23.9 Å². The molecule has 0 bridgehead atoms. The van der Waals surface area contributed by atoms with E-state index in [1.807, 2.05) is 30.3 Å². The van der Waals surface area contributed by atoms with Gasteiger partial charge in [-0.05, 0) is 77.9 Å². The van der Waals surface area contributed by atoms with Gasteiger partial charge in [0.2, 0.25) is 0 Å². The van der Waals surface area contributed by atoms with E-state index < -0.39 is 65.5 Å². The molecule has 13 heteroatoms. The summed E-state index contributed by atoms with van der Waals surface area (Å²) in [7, 11) is 1.78. The molecule has 0 aromatic heterocycles. The lowest BCUT2D eigenvalue weighted by molar-refractivity contribution is -0.200. The molecule has 0 amide bonds. The van der Waals surface area contributed by atoms with E-state index in [1.54, 1.807) is 18.9 Å². The van der Waals surface area contributed by atoms with Crippen LogP contribution in [0, 0.1) is 16.2 Å². The van der Waals surface area contributed by atoms with Crippen molar-refractivity contribution in [3.8, 4) is 0 Å². The second-order valence-electron chi connectivity index (χ2n) is 12.6. The van der Waals surface area contributed by atoms with Crippen LogP contribution in [0.2, 0.25) is 0 Å². The van der Waals surface area contributed by atoms with Crippen LogP contribution >= 0.6 is 0 Å². The van der Waals surface area contributed by atoms with Gasteiger partial charge in [-0.25, -0.2) is 4.79 Å². The lowest BCUT2D eigenvalue weighted by atomic mass is 9.53. The fourth-order valence-electron chi connectivity index (χ4n) is 4.97. The highest BCUT2D eigenvalue weighted by Crippen LogP contribution is 2.54. The van der Waals surface area contributed by atoms with E-state index in [0.717, 1.165) is 5.69 Å². The van der Waals surface area contributed by atoms with E-state index >= 15 is 0 Å². The smallest absolute Gasteiger partial charge is 0.338 e. The maximum atomic E-state index is 13.9. The van der Waals surface area contributed by atoms with Crippen LogP contribution in [0.5, 0.6) is 0 Å². The lowest BCUT2D eigenvalue weighted by Gasteiger charge is -2.48. The predicted molar refractivity (Wildman–Crippen MR) is 178 cm³/mol. The van der Waals surface area contributed by atoms with Crippen LogP contribution in [0.1, 0.15) is 51.9 Å². The number of likely N-dealkylation sites (N-methyl/N-ethyl adjacent to an activating group) is 1. The molecule has 13 nitrogen and oxygen atoms in total. The summed E-state index contributed by atoms with van der Waals surface area (Å²) >= 11 is 0. The summed E-state index contributed by atoms with van der Waals surface area (Å²) in [6.45, 7) is 8.01. The first-order chi connectivity index (χ1) is 22.5. The van der Waals surface area contributed by atoms with Crippen LogP contribution in [0.25, 0.3) is 0 Å². The van der Waals surface area contributed by atoms with Crippen LogP contribution < -0.4 is 10.6 Å². The van der Waals surface area contributed by atoms with Crippen molar-refractivity contribution in [2.24, 2.45) is 16.2 Å². The molecule has 0 fully saturated rings. The predicted octanol–water partition coefficient (Wildman–Crippen LogP) is 3.01. The summed E-state index contributed by atoms with van der Waals surface area (Å²) in [6.07, 6.45) is -2.50. The summed E-state index contributed by atoms with van der Waals surface area (Å²) in [5.74, 6) is -3.41. The zero-order chi connectivity index (χ0) is 36.1. The maximum Gasteiger partial charge on any atom is 0.338 e. The molecule has 0 saturated carbocycles. The number of para-hydroxylation sites is 1. The average molecular weight is 675 g/mol. The zero-order valence-electron chi connectivity index (χ0n) is 28.9.